The van der Waals surface area contributed by atoms with Crippen LogP contribution in [0, 0.1) is 0 Å². The maximum atomic E-state index is 11.9. The van der Waals surface area contributed by atoms with Gasteiger partial charge in [-0.1, -0.05) is 0 Å². The molecule has 8 heteroatoms. The molecule has 1 fully saturated rings. The molecule has 0 bridgehead atoms. The number of thiazole rings is 1. The second kappa shape index (κ2) is 4.94. The lowest BCUT2D eigenvalue weighted by Gasteiger charge is -2.30. The van der Waals surface area contributed by atoms with Crippen molar-refractivity contribution in [2.75, 3.05) is 12.3 Å². The molecule has 0 aromatic carbocycles. The summed E-state index contributed by atoms with van der Waals surface area (Å²) in [4.78, 5) is 14.7. The van der Waals surface area contributed by atoms with Gasteiger partial charge in [0.05, 0.1) is 11.8 Å². The highest BCUT2D eigenvalue weighted by Crippen LogP contribution is 2.29. The molecule has 1 atom stereocenters. The van der Waals surface area contributed by atoms with Gasteiger partial charge in [0.2, 0.25) is 10.0 Å². The Morgan fingerprint density at radius 3 is 2.83 bits per heavy atom. The first kappa shape index (κ1) is 13.4. The summed E-state index contributed by atoms with van der Waals surface area (Å²) in [6.45, 7) is 2.22. The molecule has 2 rings (SSSR count). The minimum absolute atomic E-state index is 0.0312. The van der Waals surface area contributed by atoms with Crippen molar-refractivity contribution in [2.45, 2.75) is 25.8 Å². The fraction of sp³-hybridized carbons (Fsp3) is 0.600. The maximum Gasteiger partial charge on any atom is 0.355 e. The van der Waals surface area contributed by atoms with Crippen LogP contribution in [-0.2, 0) is 10.0 Å². The van der Waals surface area contributed by atoms with Crippen molar-refractivity contribution in [1.82, 2.24) is 9.29 Å². The number of nitrogens with zero attached hydrogens (tertiary/aromatic N) is 2. The van der Waals surface area contributed by atoms with Gasteiger partial charge in [-0.3, -0.25) is 0 Å². The van der Waals surface area contributed by atoms with Crippen LogP contribution in [0.15, 0.2) is 5.38 Å². The lowest BCUT2D eigenvalue weighted by Crippen LogP contribution is -2.39. The second-order valence-electron chi connectivity index (χ2n) is 4.19. The molecule has 0 spiro atoms. The molecule has 0 amide bonds. The Kier molecular flexibility index (Phi) is 3.69. The third-order valence-corrected chi connectivity index (χ3v) is 5.95. The number of sulfonamides is 1. The lowest BCUT2D eigenvalue weighted by atomic mass is 10.3. The van der Waals surface area contributed by atoms with Crippen LogP contribution in [0.3, 0.4) is 0 Å². The highest BCUT2D eigenvalue weighted by atomic mass is 32.2. The molecule has 0 radical (unpaired) electrons. The van der Waals surface area contributed by atoms with Gasteiger partial charge in [0.15, 0.2) is 5.69 Å². The molecule has 0 saturated carbocycles. The zero-order chi connectivity index (χ0) is 13.3. The van der Waals surface area contributed by atoms with E-state index in [9.17, 15) is 13.2 Å². The van der Waals surface area contributed by atoms with Gasteiger partial charge in [-0.15, -0.1) is 11.3 Å². The van der Waals surface area contributed by atoms with Gasteiger partial charge in [0.25, 0.3) is 0 Å². The average Bonchev–Trinajstić information content (AvgIpc) is 2.77. The van der Waals surface area contributed by atoms with Crippen molar-refractivity contribution in [1.29, 1.82) is 0 Å². The SMILES string of the molecule is CC(c1nc(C(=O)O)cs1)N1CCCCS1(=O)=O. The van der Waals surface area contributed by atoms with Gasteiger partial charge >= 0.3 is 5.97 Å². The van der Waals surface area contributed by atoms with Crippen LogP contribution in [0.2, 0.25) is 0 Å². The standard InChI is InChI=1S/C10H14N2O4S2/c1-7(9-11-8(6-17-9)10(13)14)12-4-2-3-5-18(12,15)16/h6-7H,2-5H2,1H3,(H,13,14). The largest absolute Gasteiger partial charge is 0.476 e. The third-order valence-electron chi connectivity index (χ3n) is 2.92. The number of carboxylic acids is 1. The summed E-state index contributed by atoms with van der Waals surface area (Å²) in [5, 5.41) is 10.8. The highest BCUT2D eigenvalue weighted by Gasteiger charge is 2.32. The summed E-state index contributed by atoms with van der Waals surface area (Å²) in [5.41, 5.74) is -0.0312. The fourth-order valence-corrected chi connectivity index (χ4v) is 4.66. The molecule has 1 aromatic heterocycles. The average molecular weight is 290 g/mol. The van der Waals surface area contributed by atoms with E-state index < -0.39 is 22.0 Å². The molecular weight excluding hydrogens is 276 g/mol. The van der Waals surface area contributed by atoms with Crippen molar-refractivity contribution in [2.24, 2.45) is 0 Å². The van der Waals surface area contributed by atoms with Crippen LogP contribution < -0.4 is 0 Å². The predicted octanol–water partition coefficient (Wildman–Crippen LogP) is 1.33. The molecule has 0 aliphatic carbocycles. The first-order valence-corrected chi connectivity index (χ1v) is 8.09. The summed E-state index contributed by atoms with van der Waals surface area (Å²) in [5.74, 6) is -0.930. The molecule has 18 heavy (non-hydrogen) atoms. The van der Waals surface area contributed by atoms with Crippen LogP contribution in [0.4, 0.5) is 0 Å². The predicted molar refractivity (Wildman–Crippen MR) is 67.2 cm³/mol. The Balaban J connectivity index is 2.24. The molecule has 1 saturated heterocycles. The van der Waals surface area contributed by atoms with E-state index in [0.717, 1.165) is 6.42 Å². The summed E-state index contributed by atoms with van der Waals surface area (Å²) in [6, 6.07) is -0.395. The van der Waals surface area contributed by atoms with E-state index in [4.69, 9.17) is 5.11 Å². The Bertz CT molecular complexity index is 552. The van der Waals surface area contributed by atoms with Gasteiger partial charge in [-0.25, -0.2) is 18.2 Å². The first-order chi connectivity index (χ1) is 8.42. The molecule has 1 unspecified atom stereocenters. The first-order valence-electron chi connectivity index (χ1n) is 5.60. The van der Waals surface area contributed by atoms with Gasteiger partial charge in [0, 0.05) is 11.9 Å². The summed E-state index contributed by atoms with van der Waals surface area (Å²) >= 11 is 1.18. The molecule has 1 aromatic rings. The molecule has 1 aliphatic heterocycles. The zero-order valence-corrected chi connectivity index (χ0v) is 11.5. The van der Waals surface area contributed by atoms with Crippen LogP contribution in [0.5, 0.6) is 0 Å². The van der Waals surface area contributed by atoms with E-state index in [0.29, 0.717) is 18.0 Å². The topological polar surface area (TPSA) is 87.6 Å². The number of hydrogen-bond acceptors (Lipinski definition) is 5. The minimum Gasteiger partial charge on any atom is -0.476 e. The number of aromatic carboxylic acids is 1. The zero-order valence-electron chi connectivity index (χ0n) is 9.87. The molecule has 100 valence electrons. The normalized spacial score (nSPS) is 21.6. The van der Waals surface area contributed by atoms with Crippen LogP contribution >= 0.6 is 11.3 Å². The van der Waals surface area contributed by atoms with Gasteiger partial charge in [-0.2, -0.15) is 4.31 Å². The van der Waals surface area contributed by atoms with Crippen LogP contribution in [-0.4, -0.2) is 41.1 Å². The Morgan fingerprint density at radius 2 is 2.28 bits per heavy atom. The van der Waals surface area contributed by atoms with Crippen molar-refractivity contribution < 1.29 is 18.3 Å². The van der Waals surface area contributed by atoms with Crippen LogP contribution in [0.25, 0.3) is 0 Å². The number of carboxylic acid groups (broad SMARTS) is 1. The minimum atomic E-state index is -3.23. The van der Waals surface area contributed by atoms with Crippen molar-refractivity contribution in [3.05, 3.63) is 16.1 Å². The molecular formula is C10H14N2O4S2. The summed E-state index contributed by atoms with van der Waals surface area (Å²) in [7, 11) is -3.23. The Labute approximate surface area is 109 Å². The fourth-order valence-electron chi connectivity index (χ4n) is 1.94. The van der Waals surface area contributed by atoms with E-state index in [1.54, 1.807) is 6.92 Å². The van der Waals surface area contributed by atoms with E-state index in [2.05, 4.69) is 4.98 Å². The quantitative estimate of drug-likeness (QED) is 0.907. The number of aromatic nitrogens is 1. The van der Waals surface area contributed by atoms with Crippen molar-refractivity contribution >= 4 is 27.3 Å². The van der Waals surface area contributed by atoms with E-state index in [1.165, 1.54) is 21.0 Å². The van der Waals surface area contributed by atoms with Crippen molar-refractivity contribution in [3.63, 3.8) is 0 Å². The second-order valence-corrected chi connectivity index (χ2v) is 7.12. The highest BCUT2D eigenvalue weighted by molar-refractivity contribution is 7.89. The van der Waals surface area contributed by atoms with Gasteiger partial charge < -0.3 is 5.11 Å². The molecule has 2 heterocycles. The van der Waals surface area contributed by atoms with Crippen LogP contribution in [0.1, 0.15) is 41.3 Å². The number of rotatable bonds is 3. The number of hydrogen-bond donors (Lipinski definition) is 1. The number of carbonyl (C=O) groups is 1. The Hall–Kier alpha value is -0.990. The van der Waals surface area contributed by atoms with Gasteiger partial charge in [0.1, 0.15) is 5.01 Å². The van der Waals surface area contributed by atoms with E-state index in [-0.39, 0.29) is 11.4 Å². The third kappa shape index (κ3) is 2.55. The van der Waals surface area contributed by atoms with E-state index >= 15 is 0 Å². The molecule has 1 aliphatic rings. The Morgan fingerprint density at radius 1 is 1.56 bits per heavy atom. The smallest absolute Gasteiger partial charge is 0.355 e. The maximum absolute atomic E-state index is 11.9. The molecule has 6 nitrogen and oxygen atoms in total. The van der Waals surface area contributed by atoms with Crippen molar-refractivity contribution in [3.8, 4) is 0 Å². The summed E-state index contributed by atoms with van der Waals surface area (Å²) in [6.07, 6.45) is 1.52. The lowest BCUT2D eigenvalue weighted by molar-refractivity contribution is 0.0691. The monoisotopic (exact) mass is 290 g/mol. The van der Waals surface area contributed by atoms with E-state index in [1.807, 2.05) is 0 Å². The molecule has 1 N–H and O–H groups in total. The van der Waals surface area contributed by atoms with Gasteiger partial charge in [-0.05, 0) is 19.8 Å². The summed E-state index contributed by atoms with van der Waals surface area (Å²) < 4.78 is 25.3.